The van der Waals surface area contributed by atoms with Gasteiger partial charge in [-0.15, -0.1) is 11.8 Å². The van der Waals surface area contributed by atoms with E-state index in [1.54, 1.807) is 16.7 Å². The van der Waals surface area contributed by atoms with Gasteiger partial charge in [0.1, 0.15) is 6.04 Å². The Morgan fingerprint density at radius 1 is 1.44 bits per heavy atom. The number of hydrogen-bond donors (Lipinski definition) is 2. The summed E-state index contributed by atoms with van der Waals surface area (Å²) in [7, 11) is 0. The Morgan fingerprint density at radius 3 is 2.67 bits per heavy atom. The monoisotopic (exact) mass is 272 g/mol. The number of carbonyl (C=O) groups excluding carboxylic acids is 1. The van der Waals surface area contributed by atoms with Gasteiger partial charge >= 0.3 is 5.97 Å². The molecule has 0 aromatic rings. The highest BCUT2D eigenvalue weighted by Gasteiger charge is 2.44. The molecule has 0 bridgehead atoms. The van der Waals surface area contributed by atoms with Crippen LogP contribution >= 0.6 is 11.8 Å². The van der Waals surface area contributed by atoms with Crippen LogP contribution in [0.25, 0.3) is 0 Å². The number of nitrogens with zero attached hydrogens (tertiary/aromatic N) is 1. The van der Waals surface area contributed by atoms with Crippen LogP contribution in [0.4, 0.5) is 0 Å². The molecule has 1 amide bonds. The van der Waals surface area contributed by atoms with E-state index in [2.05, 4.69) is 5.32 Å². The second kappa shape index (κ2) is 5.48. The van der Waals surface area contributed by atoms with Gasteiger partial charge in [0, 0.05) is 5.75 Å². The molecular formula is C12H20N2O3S. The predicted octanol–water partition coefficient (Wildman–Crippen LogP) is 0.749. The molecule has 0 spiro atoms. The van der Waals surface area contributed by atoms with Crippen LogP contribution in [0.1, 0.15) is 26.7 Å². The van der Waals surface area contributed by atoms with E-state index in [0.29, 0.717) is 5.75 Å². The predicted molar refractivity (Wildman–Crippen MR) is 70.4 cm³/mol. The quantitative estimate of drug-likeness (QED) is 0.793. The first-order chi connectivity index (χ1) is 8.52. The third-order valence-electron chi connectivity index (χ3n) is 3.50. The Hall–Kier alpha value is -0.750. The second-order valence-corrected chi connectivity index (χ2v) is 6.37. The summed E-state index contributed by atoms with van der Waals surface area (Å²) >= 11 is 1.58. The Bertz CT molecular complexity index is 342. The fourth-order valence-corrected chi connectivity index (χ4v) is 4.06. The van der Waals surface area contributed by atoms with E-state index >= 15 is 0 Å². The third-order valence-corrected chi connectivity index (χ3v) is 5.12. The van der Waals surface area contributed by atoms with Crippen molar-refractivity contribution in [2.24, 2.45) is 5.92 Å². The van der Waals surface area contributed by atoms with Crippen molar-refractivity contribution in [3.63, 3.8) is 0 Å². The summed E-state index contributed by atoms with van der Waals surface area (Å²) in [6.07, 6.45) is 1.80. The lowest BCUT2D eigenvalue weighted by molar-refractivity contribution is -0.150. The fourth-order valence-electron chi connectivity index (χ4n) is 2.59. The summed E-state index contributed by atoms with van der Waals surface area (Å²) in [5.41, 5.74) is 0. The van der Waals surface area contributed by atoms with E-state index < -0.39 is 12.0 Å². The van der Waals surface area contributed by atoms with Crippen molar-refractivity contribution in [3.8, 4) is 0 Å². The maximum Gasteiger partial charge on any atom is 0.327 e. The molecule has 3 atom stereocenters. The molecule has 5 nitrogen and oxygen atoms in total. The standard InChI is InChI=1S/C12H20N2O3S/c1-7(2)11-14(9(6-18-11)12(16)17)10(15)8-4-3-5-13-8/h7-9,11,13H,3-6H2,1-2H3,(H,16,17)/t8-,9?,11?/m0/s1. The van der Waals surface area contributed by atoms with Crippen molar-refractivity contribution in [2.45, 2.75) is 44.1 Å². The first-order valence-electron chi connectivity index (χ1n) is 6.42. The van der Waals surface area contributed by atoms with Crippen molar-refractivity contribution in [1.29, 1.82) is 0 Å². The van der Waals surface area contributed by atoms with Crippen LogP contribution in [0.5, 0.6) is 0 Å². The molecule has 102 valence electrons. The molecule has 2 fully saturated rings. The number of rotatable bonds is 3. The van der Waals surface area contributed by atoms with E-state index in [4.69, 9.17) is 0 Å². The zero-order chi connectivity index (χ0) is 13.3. The van der Waals surface area contributed by atoms with Crippen LogP contribution in [0.2, 0.25) is 0 Å². The largest absolute Gasteiger partial charge is 0.480 e. The summed E-state index contributed by atoms with van der Waals surface area (Å²) in [4.78, 5) is 25.3. The first-order valence-corrected chi connectivity index (χ1v) is 7.47. The van der Waals surface area contributed by atoms with Crippen molar-refractivity contribution in [3.05, 3.63) is 0 Å². The highest BCUT2D eigenvalue weighted by atomic mass is 32.2. The van der Waals surface area contributed by atoms with Gasteiger partial charge in [-0.2, -0.15) is 0 Å². The molecule has 2 N–H and O–H groups in total. The Balaban J connectivity index is 2.17. The van der Waals surface area contributed by atoms with E-state index in [1.165, 1.54) is 0 Å². The van der Waals surface area contributed by atoms with E-state index in [0.717, 1.165) is 19.4 Å². The lowest BCUT2D eigenvalue weighted by Crippen LogP contribution is -2.52. The molecule has 0 aliphatic carbocycles. The molecule has 0 aromatic heterocycles. The van der Waals surface area contributed by atoms with Gasteiger partial charge in [0.25, 0.3) is 0 Å². The molecule has 2 unspecified atom stereocenters. The number of carboxylic acids is 1. The van der Waals surface area contributed by atoms with Crippen molar-refractivity contribution in [2.75, 3.05) is 12.3 Å². The zero-order valence-electron chi connectivity index (χ0n) is 10.8. The van der Waals surface area contributed by atoms with E-state index in [1.807, 2.05) is 13.8 Å². The maximum absolute atomic E-state index is 12.5. The van der Waals surface area contributed by atoms with Crippen LogP contribution in [0.15, 0.2) is 0 Å². The Morgan fingerprint density at radius 2 is 2.17 bits per heavy atom. The Kier molecular flexibility index (Phi) is 4.17. The summed E-state index contributed by atoms with van der Waals surface area (Å²) in [6, 6.07) is -0.857. The first kappa shape index (κ1) is 13.7. The van der Waals surface area contributed by atoms with Crippen molar-refractivity contribution in [1.82, 2.24) is 10.2 Å². The minimum atomic E-state index is -0.892. The summed E-state index contributed by atoms with van der Waals surface area (Å²) in [5.74, 6) is -0.165. The van der Waals surface area contributed by atoms with Gasteiger partial charge < -0.3 is 15.3 Å². The van der Waals surface area contributed by atoms with Crippen molar-refractivity contribution < 1.29 is 14.7 Å². The maximum atomic E-state index is 12.5. The van der Waals surface area contributed by atoms with Crippen LogP contribution in [-0.2, 0) is 9.59 Å². The van der Waals surface area contributed by atoms with Crippen molar-refractivity contribution >= 4 is 23.6 Å². The van der Waals surface area contributed by atoms with Crippen LogP contribution in [0, 0.1) is 5.92 Å². The molecule has 0 radical (unpaired) electrons. The normalized spacial score (nSPS) is 32.2. The average Bonchev–Trinajstić information content (AvgIpc) is 2.97. The number of carbonyl (C=O) groups is 2. The van der Waals surface area contributed by atoms with Crippen LogP contribution in [-0.4, -0.2) is 51.6 Å². The zero-order valence-corrected chi connectivity index (χ0v) is 11.6. The van der Waals surface area contributed by atoms with Gasteiger partial charge in [-0.05, 0) is 25.3 Å². The number of amides is 1. The molecule has 6 heteroatoms. The van der Waals surface area contributed by atoms with Gasteiger partial charge in [0.05, 0.1) is 11.4 Å². The SMILES string of the molecule is CC(C)C1SCC(C(=O)O)N1C(=O)[C@@H]1CCCN1. The van der Waals surface area contributed by atoms with E-state index in [-0.39, 0.29) is 23.2 Å². The van der Waals surface area contributed by atoms with Crippen LogP contribution in [0.3, 0.4) is 0 Å². The van der Waals surface area contributed by atoms with Crippen LogP contribution < -0.4 is 5.32 Å². The molecule has 0 saturated carbocycles. The molecule has 2 saturated heterocycles. The molecule has 0 aromatic carbocycles. The van der Waals surface area contributed by atoms with Gasteiger partial charge in [-0.3, -0.25) is 4.79 Å². The van der Waals surface area contributed by atoms with Gasteiger partial charge in [-0.25, -0.2) is 4.79 Å². The smallest absolute Gasteiger partial charge is 0.327 e. The highest BCUT2D eigenvalue weighted by molar-refractivity contribution is 8.00. The average molecular weight is 272 g/mol. The fraction of sp³-hybridized carbons (Fsp3) is 0.833. The number of thioether (sulfide) groups is 1. The van der Waals surface area contributed by atoms with E-state index in [9.17, 15) is 14.7 Å². The van der Waals surface area contributed by atoms with Gasteiger partial charge in [0.15, 0.2) is 0 Å². The molecular weight excluding hydrogens is 252 g/mol. The number of aliphatic carboxylic acids is 1. The molecule has 2 rings (SSSR count). The topological polar surface area (TPSA) is 69.6 Å². The number of hydrogen-bond acceptors (Lipinski definition) is 4. The van der Waals surface area contributed by atoms with Gasteiger partial charge in [-0.1, -0.05) is 13.8 Å². The number of carboxylic acid groups (broad SMARTS) is 1. The third kappa shape index (κ3) is 2.49. The minimum Gasteiger partial charge on any atom is -0.480 e. The number of nitrogens with one attached hydrogen (secondary N) is 1. The lowest BCUT2D eigenvalue weighted by atomic mass is 10.1. The second-order valence-electron chi connectivity index (χ2n) is 5.22. The Labute approximate surface area is 111 Å². The molecule has 2 aliphatic rings. The molecule has 2 heterocycles. The van der Waals surface area contributed by atoms with Gasteiger partial charge in [0.2, 0.25) is 5.91 Å². The summed E-state index contributed by atoms with van der Waals surface area (Å²) in [6.45, 7) is 4.91. The summed E-state index contributed by atoms with van der Waals surface area (Å²) < 4.78 is 0. The highest BCUT2D eigenvalue weighted by Crippen LogP contribution is 2.35. The molecule has 2 aliphatic heterocycles. The molecule has 18 heavy (non-hydrogen) atoms. The lowest BCUT2D eigenvalue weighted by Gasteiger charge is -2.31. The minimum absolute atomic E-state index is 0.0130. The summed E-state index contributed by atoms with van der Waals surface area (Å²) in [5, 5.41) is 12.4.